The van der Waals surface area contributed by atoms with E-state index in [1.807, 2.05) is 0 Å². The molecule has 1 saturated heterocycles. The highest BCUT2D eigenvalue weighted by molar-refractivity contribution is 5.53. The molecule has 0 spiro atoms. The zero-order valence-corrected chi connectivity index (χ0v) is 14.0. The molecule has 1 atom stereocenters. The Bertz CT molecular complexity index is 691. The van der Waals surface area contributed by atoms with Crippen molar-refractivity contribution in [1.82, 2.24) is 14.3 Å². The molecule has 0 amide bonds. The first kappa shape index (κ1) is 15.2. The molecule has 0 bridgehead atoms. The molecule has 2 aliphatic rings. The molecule has 1 saturated carbocycles. The number of aliphatic hydroxyl groups is 1. The third-order valence-electron chi connectivity index (χ3n) is 5.67. The van der Waals surface area contributed by atoms with Crippen molar-refractivity contribution in [2.75, 3.05) is 19.7 Å². The quantitative estimate of drug-likeness (QED) is 0.922. The van der Waals surface area contributed by atoms with Crippen molar-refractivity contribution < 1.29 is 5.11 Å². The van der Waals surface area contributed by atoms with E-state index in [1.165, 1.54) is 43.3 Å². The number of rotatable bonds is 5. The summed E-state index contributed by atoms with van der Waals surface area (Å²) in [7, 11) is 0. The summed E-state index contributed by atoms with van der Waals surface area (Å²) in [5.41, 5.74) is 2.51. The summed E-state index contributed by atoms with van der Waals surface area (Å²) in [6.07, 6.45) is 8.40. The molecule has 4 heteroatoms. The van der Waals surface area contributed by atoms with Gasteiger partial charge in [0.05, 0.1) is 11.2 Å². The van der Waals surface area contributed by atoms with Gasteiger partial charge in [0, 0.05) is 31.3 Å². The molecule has 4 nitrogen and oxygen atoms in total. The highest BCUT2D eigenvalue weighted by atomic mass is 16.3. The molecule has 0 radical (unpaired) electrons. The van der Waals surface area contributed by atoms with E-state index in [2.05, 4.69) is 40.6 Å². The second-order valence-electron chi connectivity index (χ2n) is 7.68. The molecule has 2 aromatic heterocycles. The lowest BCUT2D eigenvalue weighted by Crippen LogP contribution is -2.45. The van der Waals surface area contributed by atoms with E-state index in [0.717, 1.165) is 31.4 Å². The van der Waals surface area contributed by atoms with E-state index in [4.69, 9.17) is 4.98 Å². The Hall–Kier alpha value is -1.39. The smallest absolute Gasteiger partial charge is 0.110 e. The fourth-order valence-electron chi connectivity index (χ4n) is 4.33. The molecular weight excluding hydrogens is 286 g/mol. The van der Waals surface area contributed by atoms with E-state index < -0.39 is 0 Å². The SMILES string of the molecule is Cc1nc(CN2CCC[C@@](CO)(CC3CC3)C2)c2ccccn12. The first-order chi connectivity index (χ1) is 11.2. The van der Waals surface area contributed by atoms with Crippen LogP contribution in [0.2, 0.25) is 0 Å². The topological polar surface area (TPSA) is 40.8 Å². The summed E-state index contributed by atoms with van der Waals surface area (Å²) in [6.45, 7) is 5.44. The van der Waals surface area contributed by atoms with Crippen molar-refractivity contribution >= 4 is 5.52 Å². The van der Waals surface area contributed by atoms with Crippen LogP contribution in [0.15, 0.2) is 24.4 Å². The average molecular weight is 313 g/mol. The van der Waals surface area contributed by atoms with Crippen LogP contribution in [-0.2, 0) is 6.54 Å². The number of likely N-dealkylation sites (tertiary alicyclic amines) is 1. The van der Waals surface area contributed by atoms with Crippen molar-refractivity contribution in [2.24, 2.45) is 11.3 Å². The summed E-state index contributed by atoms with van der Waals surface area (Å²) >= 11 is 0. The van der Waals surface area contributed by atoms with Gasteiger partial charge in [-0.05, 0) is 50.8 Å². The first-order valence-electron chi connectivity index (χ1n) is 8.95. The number of nitrogens with zero attached hydrogens (tertiary/aromatic N) is 3. The zero-order valence-electron chi connectivity index (χ0n) is 14.0. The predicted molar refractivity (Wildman–Crippen MR) is 91.3 cm³/mol. The van der Waals surface area contributed by atoms with Crippen LogP contribution in [0.4, 0.5) is 0 Å². The number of hydrogen-bond donors (Lipinski definition) is 1. The highest BCUT2D eigenvalue weighted by Crippen LogP contribution is 2.44. The van der Waals surface area contributed by atoms with E-state index >= 15 is 0 Å². The van der Waals surface area contributed by atoms with Crippen molar-refractivity contribution in [3.63, 3.8) is 0 Å². The van der Waals surface area contributed by atoms with Gasteiger partial charge in [-0.1, -0.05) is 18.9 Å². The molecule has 0 unspecified atom stereocenters. The summed E-state index contributed by atoms with van der Waals surface area (Å²) in [5.74, 6) is 1.93. The summed E-state index contributed by atoms with van der Waals surface area (Å²) in [5, 5.41) is 10.0. The number of piperidine rings is 1. The fraction of sp³-hybridized carbons (Fsp3) is 0.632. The van der Waals surface area contributed by atoms with Crippen LogP contribution in [0, 0.1) is 18.3 Å². The highest BCUT2D eigenvalue weighted by Gasteiger charge is 2.39. The lowest BCUT2D eigenvalue weighted by Gasteiger charge is -2.42. The summed E-state index contributed by atoms with van der Waals surface area (Å²) < 4.78 is 2.17. The molecule has 124 valence electrons. The first-order valence-corrected chi connectivity index (χ1v) is 8.95. The molecule has 23 heavy (non-hydrogen) atoms. The van der Waals surface area contributed by atoms with Gasteiger partial charge in [0.25, 0.3) is 0 Å². The molecule has 2 fully saturated rings. The van der Waals surface area contributed by atoms with Crippen LogP contribution in [-0.4, -0.2) is 39.1 Å². The maximum absolute atomic E-state index is 10.0. The van der Waals surface area contributed by atoms with Gasteiger partial charge < -0.3 is 9.51 Å². The standard InChI is InChI=1S/C19H27N3O/c1-15-20-17(18-5-2-3-10-22(15)18)12-21-9-4-8-19(13-21,14-23)11-16-6-7-16/h2-3,5,10,16,23H,4,6-9,11-14H2,1H3/t19-/m1/s1. The molecule has 4 rings (SSSR count). The van der Waals surface area contributed by atoms with E-state index in [1.54, 1.807) is 0 Å². The fourth-order valence-corrected chi connectivity index (χ4v) is 4.33. The largest absolute Gasteiger partial charge is 0.396 e. The minimum Gasteiger partial charge on any atom is -0.396 e. The number of imidazole rings is 1. The second kappa shape index (κ2) is 5.91. The number of pyridine rings is 1. The molecule has 2 aromatic rings. The van der Waals surface area contributed by atoms with Gasteiger partial charge in [0.2, 0.25) is 0 Å². The maximum atomic E-state index is 10.0. The average Bonchev–Trinajstić information content (AvgIpc) is 3.32. The number of hydrogen-bond acceptors (Lipinski definition) is 3. The van der Waals surface area contributed by atoms with E-state index in [9.17, 15) is 5.11 Å². The lowest BCUT2D eigenvalue weighted by atomic mass is 9.76. The zero-order chi connectivity index (χ0) is 15.9. The Morgan fingerprint density at radius 2 is 2.22 bits per heavy atom. The Morgan fingerprint density at radius 3 is 3.00 bits per heavy atom. The Balaban J connectivity index is 1.53. The number of fused-ring (bicyclic) bond motifs is 1. The normalized spacial score (nSPS) is 26.0. The second-order valence-corrected chi connectivity index (χ2v) is 7.68. The molecular formula is C19H27N3O. The summed E-state index contributed by atoms with van der Waals surface area (Å²) in [4.78, 5) is 7.30. The molecule has 0 aromatic carbocycles. The molecule has 3 heterocycles. The number of aryl methyl sites for hydroxylation is 1. The number of aliphatic hydroxyl groups excluding tert-OH is 1. The summed E-state index contributed by atoms with van der Waals surface area (Å²) in [6, 6.07) is 6.29. The van der Waals surface area contributed by atoms with E-state index in [-0.39, 0.29) is 5.41 Å². The van der Waals surface area contributed by atoms with Crippen LogP contribution >= 0.6 is 0 Å². The van der Waals surface area contributed by atoms with Crippen LogP contribution in [0.5, 0.6) is 0 Å². The van der Waals surface area contributed by atoms with Crippen LogP contribution in [0.25, 0.3) is 5.52 Å². The van der Waals surface area contributed by atoms with Crippen LogP contribution < -0.4 is 0 Å². The van der Waals surface area contributed by atoms with Gasteiger partial charge in [-0.3, -0.25) is 4.90 Å². The minimum absolute atomic E-state index is 0.129. The van der Waals surface area contributed by atoms with Gasteiger partial charge in [-0.25, -0.2) is 4.98 Å². The third-order valence-corrected chi connectivity index (χ3v) is 5.67. The molecule has 1 N–H and O–H groups in total. The predicted octanol–water partition coefficient (Wildman–Crippen LogP) is 3.02. The van der Waals surface area contributed by atoms with Crippen molar-refractivity contribution in [3.8, 4) is 0 Å². The number of aromatic nitrogens is 2. The maximum Gasteiger partial charge on any atom is 0.110 e. The Labute approximate surface area is 138 Å². The van der Waals surface area contributed by atoms with Gasteiger partial charge in [0.1, 0.15) is 5.82 Å². The van der Waals surface area contributed by atoms with Gasteiger partial charge in [0.15, 0.2) is 0 Å². The van der Waals surface area contributed by atoms with E-state index in [0.29, 0.717) is 6.61 Å². The van der Waals surface area contributed by atoms with Crippen molar-refractivity contribution in [3.05, 3.63) is 35.9 Å². The van der Waals surface area contributed by atoms with Gasteiger partial charge in [-0.15, -0.1) is 0 Å². The Kier molecular flexibility index (Phi) is 3.90. The van der Waals surface area contributed by atoms with Gasteiger partial charge >= 0.3 is 0 Å². The van der Waals surface area contributed by atoms with Crippen molar-refractivity contribution in [1.29, 1.82) is 0 Å². The third kappa shape index (κ3) is 3.02. The monoisotopic (exact) mass is 313 g/mol. The molecule has 1 aliphatic heterocycles. The van der Waals surface area contributed by atoms with Crippen LogP contribution in [0.3, 0.4) is 0 Å². The lowest BCUT2D eigenvalue weighted by molar-refractivity contribution is 0.0177. The molecule has 1 aliphatic carbocycles. The minimum atomic E-state index is 0.129. The van der Waals surface area contributed by atoms with Crippen molar-refractivity contribution in [2.45, 2.75) is 45.6 Å². The van der Waals surface area contributed by atoms with Gasteiger partial charge in [-0.2, -0.15) is 0 Å². The Morgan fingerprint density at radius 1 is 1.35 bits per heavy atom. The van der Waals surface area contributed by atoms with Crippen LogP contribution in [0.1, 0.15) is 43.6 Å².